The molecule has 5 heteroatoms. The van der Waals surface area contributed by atoms with Gasteiger partial charge in [-0.3, -0.25) is 4.79 Å². The van der Waals surface area contributed by atoms with Crippen LogP contribution in [0.1, 0.15) is 46.2 Å². The first kappa shape index (κ1) is 14.1. The fourth-order valence-electron chi connectivity index (χ4n) is 3.13. The SMILES string of the molecule is Cc1c[nH]cc1C(=O)NCc1ccc2c(c1)nc(C)n2C1CC1. The molecule has 2 heterocycles. The lowest BCUT2D eigenvalue weighted by atomic mass is 10.1. The molecule has 0 unspecified atom stereocenters. The Morgan fingerprint density at radius 1 is 1.35 bits per heavy atom. The predicted octanol–water partition coefficient (Wildman–Crippen LogP) is 3.25. The number of nitrogens with one attached hydrogen (secondary N) is 2. The molecule has 4 rings (SSSR count). The van der Waals surface area contributed by atoms with Crippen molar-refractivity contribution in [3.63, 3.8) is 0 Å². The molecule has 1 fully saturated rings. The van der Waals surface area contributed by atoms with Crippen molar-refractivity contribution in [2.75, 3.05) is 0 Å². The van der Waals surface area contributed by atoms with Crippen molar-refractivity contribution in [3.05, 3.63) is 53.1 Å². The lowest BCUT2D eigenvalue weighted by Gasteiger charge is -2.06. The fourth-order valence-corrected chi connectivity index (χ4v) is 3.13. The quantitative estimate of drug-likeness (QED) is 0.777. The summed E-state index contributed by atoms with van der Waals surface area (Å²) in [5.41, 5.74) is 4.93. The largest absolute Gasteiger partial charge is 0.367 e. The number of aromatic nitrogens is 3. The second kappa shape index (κ2) is 5.26. The van der Waals surface area contributed by atoms with Crippen LogP contribution in [0.5, 0.6) is 0 Å². The van der Waals surface area contributed by atoms with Crippen molar-refractivity contribution in [2.24, 2.45) is 0 Å². The number of nitrogens with zero attached hydrogens (tertiary/aromatic N) is 2. The normalized spacial score (nSPS) is 14.3. The number of hydrogen-bond acceptors (Lipinski definition) is 2. The summed E-state index contributed by atoms with van der Waals surface area (Å²) in [6.07, 6.45) is 6.06. The van der Waals surface area contributed by atoms with Crippen LogP contribution < -0.4 is 5.32 Å². The van der Waals surface area contributed by atoms with Gasteiger partial charge in [0.2, 0.25) is 0 Å². The summed E-state index contributed by atoms with van der Waals surface area (Å²) in [6, 6.07) is 6.90. The van der Waals surface area contributed by atoms with E-state index in [4.69, 9.17) is 0 Å². The van der Waals surface area contributed by atoms with Gasteiger partial charge < -0.3 is 14.9 Å². The van der Waals surface area contributed by atoms with Gasteiger partial charge in [0.05, 0.1) is 16.6 Å². The molecule has 0 atom stereocenters. The molecule has 1 aliphatic carbocycles. The zero-order chi connectivity index (χ0) is 16.0. The topological polar surface area (TPSA) is 62.7 Å². The van der Waals surface area contributed by atoms with Crippen LogP contribution in [0.3, 0.4) is 0 Å². The van der Waals surface area contributed by atoms with Gasteiger partial charge >= 0.3 is 0 Å². The number of aryl methyl sites for hydroxylation is 2. The van der Waals surface area contributed by atoms with Crippen LogP contribution in [0.4, 0.5) is 0 Å². The molecule has 0 radical (unpaired) electrons. The third kappa shape index (κ3) is 2.52. The molecule has 118 valence electrons. The molecule has 1 saturated carbocycles. The van der Waals surface area contributed by atoms with Crippen LogP contribution in [0, 0.1) is 13.8 Å². The van der Waals surface area contributed by atoms with E-state index in [0.29, 0.717) is 18.2 Å². The monoisotopic (exact) mass is 308 g/mol. The number of aromatic amines is 1. The highest BCUT2D eigenvalue weighted by atomic mass is 16.1. The van der Waals surface area contributed by atoms with E-state index in [1.165, 1.54) is 18.4 Å². The predicted molar refractivity (Wildman–Crippen MR) is 89.4 cm³/mol. The smallest absolute Gasteiger partial charge is 0.253 e. The van der Waals surface area contributed by atoms with E-state index in [9.17, 15) is 4.79 Å². The number of amides is 1. The number of imidazole rings is 1. The van der Waals surface area contributed by atoms with E-state index >= 15 is 0 Å². The highest BCUT2D eigenvalue weighted by Gasteiger charge is 2.26. The van der Waals surface area contributed by atoms with Crippen LogP contribution in [0.25, 0.3) is 11.0 Å². The first-order valence-electron chi connectivity index (χ1n) is 8.02. The van der Waals surface area contributed by atoms with E-state index in [-0.39, 0.29) is 5.91 Å². The van der Waals surface area contributed by atoms with Gasteiger partial charge in [0.15, 0.2) is 0 Å². The van der Waals surface area contributed by atoms with Crippen molar-refractivity contribution in [1.82, 2.24) is 19.9 Å². The second-order valence-electron chi connectivity index (χ2n) is 6.32. The molecule has 3 aromatic rings. The molecule has 0 spiro atoms. The second-order valence-corrected chi connectivity index (χ2v) is 6.32. The molecule has 0 bridgehead atoms. The van der Waals surface area contributed by atoms with Gasteiger partial charge in [-0.2, -0.15) is 0 Å². The zero-order valence-corrected chi connectivity index (χ0v) is 13.4. The maximum absolute atomic E-state index is 12.2. The number of fused-ring (bicyclic) bond motifs is 1. The molecule has 1 amide bonds. The van der Waals surface area contributed by atoms with Crippen LogP contribution in [0.2, 0.25) is 0 Å². The van der Waals surface area contributed by atoms with E-state index in [2.05, 4.69) is 45.0 Å². The van der Waals surface area contributed by atoms with E-state index in [1.807, 2.05) is 13.1 Å². The number of carbonyl (C=O) groups excluding carboxylic acids is 1. The minimum absolute atomic E-state index is 0.0523. The molecule has 0 saturated heterocycles. The third-order valence-corrected chi connectivity index (χ3v) is 4.49. The number of carbonyl (C=O) groups is 1. The van der Waals surface area contributed by atoms with Gasteiger partial charge in [-0.25, -0.2) is 4.98 Å². The first-order chi connectivity index (χ1) is 11.1. The Morgan fingerprint density at radius 3 is 2.87 bits per heavy atom. The maximum atomic E-state index is 12.2. The highest BCUT2D eigenvalue weighted by Crippen LogP contribution is 2.38. The summed E-state index contributed by atoms with van der Waals surface area (Å²) in [4.78, 5) is 19.8. The summed E-state index contributed by atoms with van der Waals surface area (Å²) in [6.45, 7) is 4.49. The van der Waals surface area contributed by atoms with Crippen molar-refractivity contribution in [3.8, 4) is 0 Å². The lowest BCUT2D eigenvalue weighted by molar-refractivity contribution is 0.0950. The summed E-state index contributed by atoms with van der Waals surface area (Å²) in [5.74, 6) is 1.02. The summed E-state index contributed by atoms with van der Waals surface area (Å²) >= 11 is 0. The van der Waals surface area contributed by atoms with Gasteiger partial charge in [0.1, 0.15) is 5.82 Å². The first-order valence-corrected chi connectivity index (χ1v) is 8.02. The molecule has 2 N–H and O–H groups in total. The summed E-state index contributed by atoms with van der Waals surface area (Å²) in [7, 11) is 0. The Balaban J connectivity index is 1.53. The van der Waals surface area contributed by atoms with Crippen LogP contribution in [0.15, 0.2) is 30.6 Å². The minimum atomic E-state index is -0.0523. The summed E-state index contributed by atoms with van der Waals surface area (Å²) < 4.78 is 2.33. The summed E-state index contributed by atoms with van der Waals surface area (Å²) in [5, 5.41) is 2.97. The maximum Gasteiger partial charge on any atom is 0.253 e. The molecule has 23 heavy (non-hydrogen) atoms. The number of rotatable bonds is 4. The Hall–Kier alpha value is -2.56. The van der Waals surface area contributed by atoms with E-state index in [0.717, 1.165) is 22.5 Å². The van der Waals surface area contributed by atoms with Gasteiger partial charge in [-0.05, 0) is 49.9 Å². The molecular formula is C18H20N4O. The number of hydrogen-bond donors (Lipinski definition) is 2. The van der Waals surface area contributed by atoms with Gasteiger partial charge in [-0.15, -0.1) is 0 Å². The number of benzene rings is 1. The Labute approximate surface area is 134 Å². The van der Waals surface area contributed by atoms with Gasteiger partial charge in [-0.1, -0.05) is 6.07 Å². The van der Waals surface area contributed by atoms with Crippen LogP contribution in [-0.4, -0.2) is 20.4 Å². The fraction of sp³-hybridized carbons (Fsp3) is 0.333. The molecule has 5 nitrogen and oxygen atoms in total. The average molecular weight is 308 g/mol. The highest BCUT2D eigenvalue weighted by molar-refractivity contribution is 5.95. The molecular weight excluding hydrogens is 288 g/mol. The van der Waals surface area contributed by atoms with Gasteiger partial charge in [0.25, 0.3) is 5.91 Å². The van der Waals surface area contributed by atoms with Crippen molar-refractivity contribution in [1.29, 1.82) is 0 Å². The van der Waals surface area contributed by atoms with Crippen LogP contribution >= 0.6 is 0 Å². The Bertz CT molecular complexity index is 886. The van der Waals surface area contributed by atoms with Crippen molar-refractivity contribution >= 4 is 16.9 Å². The molecule has 2 aromatic heterocycles. The van der Waals surface area contributed by atoms with E-state index in [1.54, 1.807) is 6.20 Å². The van der Waals surface area contributed by atoms with Gasteiger partial charge in [0, 0.05) is 25.0 Å². The average Bonchev–Trinajstić information content (AvgIpc) is 3.18. The zero-order valence-electron chi connectivity index (χ0n) is 13.4. The van der Waals surface area contributed by atoms with Crippen molar-refractivity contribution < 1.29 is 4.79 Å². The molecule has 0 aliphatic heterocycles. The minimum Gasteiger partial charge on any atom is -0.367 e. The number of H-pyrrole nitrogens is 1. The Kier molecular flexibility index (Phi) is 3.22. The third-order valence-electron chi connectivity index (χ3n) is 4.49. The Morgan fingerprint density at radius 2 is 2.17 bits per heavy atom. The molecule has 1 aromatic carbocycles. The van der Waals surface area contributed by atoms with E-state index < -0.39 is 0 Å². The molecule has 1 aliphatic rings. The van der Waals surface area contributed by atoms with Crippen LogP contribution in [-0.2, 0) is 6.54 Å². The standard InChI is InChI=1S/C18H20N4O/c1-11-8-19-10-15(11)18(23)20-9-13-3-6-17-16(7-13)21-12(2)22(17)14-4-5-14/h3,6-8,10,14,19H,4-5,9H2,1-2H3,(H,20,23). The van der Waals surface area contributed by atoms with Crippen molar-refractivity contribution in [2.45, 2.75) is 39.3 Å². The lowest BCUT2D eigenvalue weighted by Crippen LogP contribution is -2.22.